The Kier molecular flexibility index (Phi) is 4.90. The summed E-state index contributed by atoms with van der Waals surface area (Å²) in [6.45, 7) is 1.88. The Bertz CT molecular complexity index is 614. The number of halogens is 3. The van der Waals surface area contributed by atoms with E-state index in [9.17, 15) is 4.79 Å². The number of carbonyl (C=O) groups is 1. The van der Waals surface area contributed by atoms with Crippen LogP contribution in [0.25, 0.3) is 0 Å². The van der Waals surface area contributed by atoms with Crippen molar-refractivity contribution < 1.29 is 4.79 Å². The van der Waals surface area contributed by atoms with Gasteiger partial charge in [-0.1, -0.05) is 29.3 Å². The summed E-state index contributed by atoms with van der Waals surface area (Å²) in [6.07, 6.45) is 0. The van der Waals surface area contributed by atoms with E-state index in [-0.39, 0.29) is 11.9 Å². The van der Waals surface area contributed by atoms with Crippen LogP contribution in [-0.4, -0.2) is 5.91 Å². The molecule has 2 nitrogen and oxygen atoms in total. The average molecular weight is 379 g/mol. The fourth-order valence-corrected chi connectivity index (χ4v) is 3.50. The molecule has 1 atom stereocenters. The van der Waals surface area contributed by atoms with E-state index < -0.39 is 0 Å². The number of hydrogen-bond donors (Lipinski definition) is 1. The van der Waals surface area contributed by atoms with Gasteiger partial charge >= 0.3 is 0 Å². The van der Waals surface area contributed by atoms with Crippen LogP contribution in [-0.2, 0) is 0 Å². The monoisotopic (exact) mass is 377 g/mol. The molecular formula is C13H10BrCl2NOS. The molecule has 6 heteroatoms. The van der Waals surface area contributed by atoms with Crippen molar-refractivity contribution in [1.82, 2.24) is 5.32 Å². The van der Waals surface area contributed by atoms with Crippen molar-refractivity contribution in [1.29, 1.82) is 0 Å². The maximum Gasteiger partial charge on any atom is 0.261 e. The highest BCUT2D eigenvalue weighted by Gasteiger charge is 2.15. The zero-order chi connectivity index (χ0) is 14.0. The normalized spacial score (nSPS) is 12.2. The van der Waals surface area contributed by atoms with Gasteiger partial charge < -0.3 is 5.32 Å². The summed E-state index contributed by atoms with van der Waals surface area (Å²) >= 11 is 16.7. The number of rotatable bonds is 3. The van der Waals surface area contributed by atoms with Gasteiger partial charge in [0, 0.05) is 10.0 Å². The van der Waals surface area contributed by atoms with Gasteiger partial charge in [0.25, 0.3) is 5.91 Å². The number of thiophene rings is 1. The fourth-order valence-electron chi connectivity index (χ4n) is 1.63. The molecule has 0 spiro atoms. The topological polar surface area (TPSA) is 29.1 Å². The van der Waals surface area contributed by atoms with E-state index >= 15 is 0 Å². The lowest BCUT2D eigenvalue weighted by Crippen LogP contribution is -2.26. The molecule has 1 amide bonds. The van der Waals surface area contributed by atoms with Crippen LogP contribution in [0.2, 0.25) is 10.0 Å². The van der Waals surface area contributed by atoms with Crippen LogP contribution in [0.15, 0.2) is 34.1 Å². The summed E-state index contributed by atoms with van der Waals surface area (Å²) in [4.78, 5) is 12.7. The van der Waals surface area contributed by atoms with E-state index in [4.69, 9.17) is 23.2 Å². The van der Waals surface area contributed by atoms with E-state index in [2.05, 4.69) is 21.2 Å². The lowest BCUT2D eigenvalue weighted by molar-refractivity contribution is 0.0944. The number of benzene rings is 1. The minimum Gasteiger partial charge on any atom is -0.345 e. The molecule has 0 saturated heterocycles. The first-order valence-corrected chi connectivity index (χ1v) is 7.85. The van der Waals surface area contributed by atoms with Crippen LogP contribution in [0.1, 0.15) is 28.2 Å². The Labute approximate surface area is 133 Å². The fraction of sp³-hybridized carbons (Fsp3) is 0.154. The van der Waals surface area contributed by atoms with E-state index in [1.807, 2.05) is 19.1 Å². The van der Waals surface area contributed by atoms with E-state index in [0.717, 1.165) is 9.35 Å². The van der Waals surface area contributed by atoms with Crippen LogP contribution in [0.4, 0.5) is 0 Å². The third-order valence-corrected chi connectivity index (χ3v) is 4.76. The molecule has 1 unspecified atom stereocenters. The molecule has 1 N–H and O–H groups in total. The molecule has 0 radical (unpaired) electrons. The highest BCUT2D eigenvalue weighted by atomic mass is 79.9. The number of hydrogen-bond acceptors (Lipinski definition) is 2. The predicted octanol–water partition coefficient (Wildman–Crippen LogP) is 5.31. The summed E-state index contributed by atoms with van der Waals surface area (Å²) in [5.41, 5.74) is 0.843. The van der Waals surface area contributed by atoms with Gasteiger partial charge in [-0.05, 0) is 52.7 Å². The van der Waals surface area contributed by atoms with Crippen LogP contribution < -0.4 is 5.32 Å². The van der Waals surface area contributed by atoms with Gasteiger partial charge in [-0.3, -0.25) is 4.79 Å². The molecule has 0 fully saturated rings. The van der Waals surface area contributed by atoms with Gasteiger partial charge in [-0.25, -0.2) is 0 Å². The summed E-state index contributed by atoms with van der Waals surface area (Å²) in [7, 11) is 0. The van der Waals surface area contributed by atoms with Gasteiger partial charge in [0.15, 0.2) is 0 Å². The van der Waals surface area contributed by atoms with Crippen LogP contribution >= 0.6 is 50.5 Å². The summed E-state index contributed by atoms with van der Waals surface area (Å²) in [5, 5.41) is 4.04. The Hall–Kier alpha value is -0.550. The van der Waals surface area contributed by atoms with Crippen LogP contribution in [0.5, 0.6) is 0 Å². The second-order valence-electron chi connectivity index (χ2n) is 3.96. The van der Waals surface area contributed by atoms with Crippen molar-refractivity contribution in [2.75, 3.05) is 0 Å². The lowest BCUT2D eigenvalue weighted by atomic mass is 10.1. The predicted molar refractivity (Wildman–Crippen MR) is 84.4 cm³/mol. The Morgan fingerprint density at radius 1 is 1.32 bits per heavy atom. The number of nitrogens with one attached hydrogen (secondary N) is 1. The molecule has 0 aliphatic carbocycles. The molecule has 1 aromatic heterocycles. The van der Waals surface area contributed by atoms with E-state index in [0.29, 0.717) is 14.9 Å². The zero-order valence-electron chi connectivity index (χ0n) is 9.91. The quantitative estimate of drug-likeness (QED) is 0.770. The van der Waals surface area contributed by atoms with Crippen molar-refractivity contribution in [3.63, 3.8) is 0 Å². The van der Waals surface area contributed by atoms with Crippen molar-refractivity contribution in [3.8, 4) is 0 Å². The highest BCUT2D eigenvalue weighted by Crippen LogP contribution is 2.27. The largest absolute Gasteiger partial charge is 0.345 e. The first-order chi connectivity index (χ1) is 8.97. The Morgan fingerprint density at radius 3 is 2.63 bits per heavy atom. The molecule has 100 valence electrons. The molecule has 0 aliphatic rings. The maximum absolute atomic E-state index is 12.0. The highest BCUT2D eigenvalue weighted by molar-refractivity contribution is 9.11. The first-order valence-electron chi connectivity index (χ1n) is 5.48. The summed E-state index contributed by atoms with van der Waals surface area (Å²) in [5.74, 6) is -0.116. The number of carbonyl (C=O) groups excluding carboxylic acids is 1. The number of amides is 1. The minimum atomic E-state index is -0.182. The Morgan fingerprint density at radius 2 is 2.05 bits per heavy atom. The SMILES string of the molecule is CC(NC(=O)c1ccc(Br)s1)c1ccc(Cl)cc1Cl. The molecule has 19 heavy (non-hydrogen) atoms. The molecule has 0 saturated carbocycles. The van der Waals surface area contributed by atoms with Crippen molar-refractivity contribution in [2.45, 2.75) is 13.0 Å². The van der Waals surface area contributed by atoms with Gasteiger partial charge in [-0.15, -0.1) is 11.3 Å². The van der Waals surface area contributed by atoms with Gasteiger partial charge in [-0.2, -0.15) is 0 Å². The smallest absolute Gasteiger partial charge is 0.261 e. The van der Waals surface area contributed by atoms with E-state index in [1.165, 1.54) is 11.3 Å². The molecule has 0 bridgehead atoms. The molecular weight excluding hydrogens is 369 g/mol. The maximum atomic E-state index is 12.0. The van der Waals surface area contributed by atoms with E-state index in [1.54, 1.807) is 18.2 Å². The zero-order valence-corrected chi connectivity index (χ0v) is 13.8. The average Bonchev–Trinajstić information content (AvgIpc) is 2.75. The third kappa shape index (κ3) is 3.72. The molecule has 2 rings (SSSR count). The molecule has 2 aromatic rings. The standard InChI is InChI=1S/C13H10BrCl2NOS/c1-7(9-3-2-8(15)6-10(9)16)17-13(18)11-4-5-12(14)19-11/h2-7H,1H3,(H,17,18). The van der Waals surface area contributed by atoms with Crippen LogP contribution in [0, 0.1) is 0 Å². The third-order valence-electron chi connectivity index (χ3n) is 2.57. The Balaban J connectivity index is 2.12. The van der Waals surface area contributed by atoms with Crippen LogP contribution in [0.3, 0.4) is 0 Å². The minimum absolute atomic E-state index is 0.116. The molecule has 1 aromatic carbocycles. The van der Waals surface area contributed by atoms with Gasteiger partial charge in [0.05, 0.1) is 14.7 Å². The summed E-state index contributed by atoms with van der Waals surface area (Å²) < 4.78 is 0.926. The van der Waals surface area contributed by atoms with Gasteiger partial charge in [0.2, 0.25) is 0 Å². The van der Waals surface area contributed by atoms with Gasteiger partial charge in [0.1, 0.15) is 0 Å². The van der Waals surface area contributed by atoms with Crippen molar-refractivity contribution >= 4 is 56.4 Å². The second kappa shape index (κ2) is 6.27. The van der Waals surface area contributed by atoms with Crippen molar-refractivity contribution in [2.24, 2.45) is 0 Å². The second-order valence-corrected chi connectivity index (χ2v) is 7.27. The van der Waals surface area contributed by atoms with Crippen molar-refractivity contribution in [3.05, 3.63) is 54.6 Å². The first kappa shape index (κ1) is 14.9. The molecule has 0 aliphatic heterocycles. The molecule has 1 heterocycles. The lowest BCUT2D eigenvalue weighted by Gasteiger charge is -2.15. The summed E-state index contributed by atoms with van der Waals surface area (Å²) in [6, 6.07) is 8.69.